The molecular formula is C11H18N2O3. The fourth-order valence-corrected chi connectivity index (χ4v) is 1.60. The van der Waals surface area contributed by atoms with Crippen molar-refractivity contribution >= 4 is 12.0 Å². The first kappa shape index (κ1) is 12.5. The van der Waals surface area contributed by atoms with Gasteiger partial charge in [-0.05, 0) is 25.7 Å². The van der Waals surface area contributed by atoms with Crippen molar-refractivity contribution in [2.24, 2.45) is 0 Å². The van der Waals surface area contributed by atoms with E-state index in [1.807, 2.05) is 0 Å². The lowest BCUT2D eigenvalue weighted by Crippen LogP contribution is -2.37. The van der Waals surface area contributed by atoms with Crippen molar-refractivity contribution in [2.45, 2.75) is 32.1 Å². The highest BCUT2D eigenvalue weighted by Gasteiger charge is 2.05. The molecule has 0 fully saturated rings. The third-order valence-corrected chi connectivity index (χ3v) is 2.49. The van der Waals surface area contributed by atoms with Gasteiger partial charge >= 0.3 is 12.0 Å². The van der Waals surface area contributed by atoms with Crippen LogP contribution in [0, 0.1) is 0 Å². The molecule has 5 heteroatoms. The molecule has 0 saturated heterocycles. The number of amides is 2. The van der Waals surface area contributed by atoms with Crippen LogP contribution in [0.1, 0.15) is 32.1 Å². The SMILES string of the molecule is O=C(O)CCNC(=O)NCC1=CCCCC1. The van der Waals surface area contributed by atoms with Crippen molar-refractivity contribution < 1.29 is 14.7 Å². The first-order valence-electron chi connectivity index (χ1n) is 5.60. The maximum Gasteiger partial charge on any atom is 0.315 e. The molecule has 2 amide bonds. The Kier molecular flexibility index (Phi) is 5.39. The van der Waals surface area contributed by atoms with Crippen LogP contribution in [0.3, 0.4) is 0 Å². The van der Waals surface area contributed by atoms with Gasteiger partial charge in [-0.1, -0.05) is 11.6 Å². The fraction of sp³-hybridized carbons (Fsp3) is 0.636. The monoisotopic (exact) mass is 226 g/mol. The van der Waals surface area contributed by atoms with Crippen LogP contribution in [0.4, 0.5) is 4.79 Å². The molecule has 0 unspecified atom stereocenters. The number of aliphatic carboxylic acids is 1. The standard InChI is InChI=1S/C11H18N2O3/c14-10(15)6-7-12-11(16)13-8-9-4-2-1-3-5-9/h4H,1-3,5-8H2,(H,14,15)(H2,12,13,16). The van der Waals surface area contributed by atoms with E-state index in [0.29, 0.717) is 6.54 Å². The topological polar surface area (TPSA) is 78.4 Å². The van der Waals surface area contributed by atoms with E-state index in [1.165, 1.54) is 18.4 Å². The Morgan fingerprint density at radius 3 is 2.75 bits per heavy atom. The lowest BCUT2D eigenvalue weighted by Gasteiger charge is -2.13. The van der Waals surface area contributed by atoms with E-state index in [4.69, 9.17) is 5.11 Å². The first-order chi connectivity index (χ1) is 7.68. The van der Waals surface area contributed by atoms with Crippen LogP contribution in [0.5, 0.6) is 0 Å². The average Bonchev–Trinajstić information content (AvgIpc) is 2.27. The van der Waals surface area contributed by atoms with Crippen LogP contribution in [0.2, 0.25) is 0 Å². The summed E-state index contributed by atoms with van der Waals surface area (Å²) in [6, 6.07) is -0.298. The molecule has 0 spiro atoms. The minimum atomic E-state index is -0.907. The summed E-state index contributed by atoms with van der Waals surface area (Å²) in [5.41, 5.74) is 1.26. The van der Waals surface area contributed by atoms with Gasteiger partial charge in [-0.3, -0.25) is 4.79 Å². The van der Waals surface area contributed by atoms with Crippen LogP contribution in [0.15, 0.2) is 11.6 Å². The molecule has 3 N–H and O–H groups in total. The van der Waals surface area contributed by atoms with Gasteiger partial charge in [0, 0.05) is 13.1 Å². The number of hydrogen-bond acceptors (Lipinski definition) is 2. The van der Waals surface area contributed by atoms with Gasteiger partial charge < -0.3 is 15.7 Å². The molecular weight excluding hydrogens is 208 g/mol. The Balaban J connectivity index is 2.10. The Morgan fingerprint density at radius 1 is 1.31 bits per heavy atom. The molecule has 0 saturated carbocycles. The summed E-state index contributed by atoms with van der Waals surface area (Å²) >= 11 is 0. The summed E-state index contributed by atoms with van der Waals surface area (Å²) in [7, 11) is 0. The number of rotatable bonds is 5. The third kappa shape index (κ3) is 5.38. The number of carboxylic acid groups (broad SMARTS) is 1. The van der Waals surface area contributed by atoms with E-state index in [2.05, 4.69) is 16.7 Å². The second-order valence-corrected chi connectivity index (χ2v) is 3.86. The van der Waals surface area contributed by atoms with Crippen LogP contribution in [-0.2, 0) is 4.79 Å². The molecule has 0 aromatic carbocycles. The van der Waals surface area contributed by atoms with Gasteiger partial charge in [0.15, 0.2) is 0 Å². The predicted octanol–water partition coefficient (Wildman–Crippen LogP) is 1.26. The molecule has 0 aromatic heterocycles. The average molecular weight is 226 g/mol. The largest absolute Gasteiger partial charge is 0.481 e. The number of carboxylic acids is 1. The maximum absolute atomic E-state index is 11.2. The Hall–Kier alpha value is -1.52. The number of hydrogen-bond donors (Lipinski definition) is 3. The van der Waals surface area contributed by atoms with Crippen LogP contribution >= 0.6 is 0 Å². The molecule has 1 aliphatic carbocycles. The first-order valence-corrected chi connectivity index (χ1v) is 5.60. The molecule has 0 bridgehead atoms. The quantitative estimate of drug-likeness (QED) is 0.617. The van der Waals surface area contributed by atoms with E-state index in [9.17, 15) is 9.59 Å². The molecule has 0 aliphatic heterocycles. The second kappa shape index (κ2) is 6.87. The molecule has 5 nitrogen and oxygen atoms in total. The summed E-state index contributed by atoms with van der Waals surface area (Å²) in [6.45, 7) is 0.735. The van der Waals surface area contributed by atoms with Gasteiger partial charge in [0.25, 0.3) is 0 Å². The third-order valence-electron chi connectivity index (χ3n) is 2.49. The van der Waals surface area contributed by atoms with Gasteiger partial charge in [0.2, 0.25) is 0 Å². The highest BCUT2D eigenvalue weighted by Crippen LogP contribution is 2.15. The zero-order valence-electron chi connectivity index (χ0n) is 9.29. The Bertz CT molecular complexity index is 287. The highest BCUT2D eigenvalue weighted by molar-refractivity contribution is 5.75. The Morgan fingerprint density at radius 2 is 2.12 bits per heavy atom. The zero-order chi connectivity index (χ0) is 11.8. The molecule has 0 aromatic rings. The molecule has 90 valence electrons. The van der Waals surface area contributed by atoms with E-state index >= 15 is 0 Å². The van der Waals surface area contributed by atoms with Crippen molar-refractivity contribution in [3.8, 4) is 0 Å². The Labute approximate surface area is 94.9 Å². The van der Waals surface area contributed by atoms with Crippen molar-refractivity contribution in [3.05, 3.63) is 11.6 Å². The number of nitrogens with one attached hydrogen (secondary N) is 2. The van der Waals surface area contributed by atoms with E-state index < -0.39 is 5.97 Å². The van der Waals surface area contributed by atoms with Crippen LogP contribution < -0.4 is 10.6 Å². The summed E-state index contributed by atoms with van der Waals surface area (Å²) in [5.74, 6) is -0.907. The fourth-order valence-electron chi connectivity index (χ4n) is 1.60. The van der Waals surface area contributed by atoms with Crippen molar-refractivity contribution in [1.82, 2.24) is 10.6 Å². The van der Waals surface area contributed by atoms with Crippen molar-refractivity contribution in [1.29, 1.82) is 0 Å². The highest BCUT2D eigenvalue weighted by atomic mass is 16.4. The molecule has 1 aliphatic rings. The molecule has 0 heterocycles. The number of urea groups is 1. The minimum absolute atomic E-state index is 0.0455. The van der Waals surface area contributed by atoms with Gasteiger partial charge in [-0.15, -0.1) is 0 Å². The summed E-state index contributed by atoms with van der Waals surface area (Å²) in [6.07, 6.45) is 6.69. The lowest BCUT2D eigenvalue weighted by molar-refractivity contribution is -0.136. The number of carbonyl (C=O) groups is 2. The van der Waals surface area contributed by atoms with Gasteiger partial charge in [0.05, 0.1) is 6.42 Å². The smallest absolute Gasteiger partial charge is 0.315 e. The van der Waals surface area contributed by atoms with Gasteiger partial charge in [-0.2, -0.15) is 0 Å². The number of allylic oxidation sites excluding steroid dienone is 1. The summed E-state index contributed by atoms with van der Waals surface area (Å²) < 4.78 is 0. The molecule has 1 rings (SSSR count). The predicted molar refractivity (Wildman–Crippen MR) is 60.2 cm³/mol. The molecule has 0 atom stereocenters. The molecule has 0 radical (unpaired) electrons. The summed E-state index contributed by atoms with van der Waals surface area (Å²) in [4.78, 5) is 21.4. The molecule has 16 heavy (non-hydrogen) atoms. The van der Waals surface area contributed by atoms with Gasteiger partial charge in [-0.25, -0.2) is 4.79 Å². The summed E-state index contributed by atoms with van der Waals surface area (Å²) in [5, 5.41) is 13.6. The van der Waals surface area contributed by atoms with E-state index in [0.717, 1.165) is 12.8 Å². The minimum Gasteiger partial charge on any atom is -0.481 e. The van der Waals surface area contributed by atoms with E-state index in [-0.39, 0.29) is 19.0 Å². The van der Waals surface area contributed by atoms with Crippen LogP contribution in [0.25, 0.3) is 0 Å². The normalized spacial score (nSPS) is 15.1. The van der Waals surface area contributed by atoms with Crippen LogP contribution in [-0.4, -0.2) is 30.2 Å². The second-order valence-electron chi connectivity index (χ2n) is 3.86. The van der Waals surface area contributed by atoms with Crippen molar-refractivity contribution in [3.63, 3.8) is 0 Å². The zero-order valence-corrected chi connectivity index (χ0v) is 9.29. The van der Waals surface area contributed by atoms with E-state index in [1.54, 1.807) is 0 Å². The maximum atomic E-state index is 11.2. The van der Waals surface area contributed by atoms with Gasteiger partial charge in [0.1, 0.15) is 0 Å². The lowest BCUT2D eigenvalue weighted by atomic mass is 10.00. The number of carbonyl (C=O) groups excluding carboxylic acids is 1. The van der Waals surface area contributed by atoms with Crippen molar-refractivity contribution in [2.75, 3.05) is 13.1 Å².